The van der Waals surface area contributed by atoms with E-state index in [2.05, 4.69) is 0 Å². The van der Waals surface area contributed by atoms with Gasteiger partial charge < -0.3 is 33.9 Å². The maximum Gasteiger partial charge on any atom is 0.315 e. The molecule has 1 aliphatic rings. The highest BCUT2D eigenvalue weighted by Gasteiger charge is 2.46. The first-order valence-corrected chi connectivity index (χ1v) is 16.5. The Bertz CT molecular complexity index is 2270. The minimum atomic E-state index is -1.45. The molecule has 0 bridgehead atoms. The zero-order valence-electron chi connectivity index (χ0n) is 27.6. The third-order valence-electron chi connectivity index (χ3n) is 8.59. The fraction of sp³-hybridized carbons (Fsp3) is 0.119. The minimum Gasteiger partial charge on any atom is -0.508 e. The van der Waals surface area contributed by atoms with Gasteiger partial charge >= 0.3 is 17.9 Å². The molecule has 1 aliphatic carbocycles. The smallest absolute Gasteiger partial charge is 0.315 e. The first-order chi connectivity index (χ1) is 25.2. The molecule has 0 spiro atoms. The van der Waals surface area contributed by atoms with Crippen molar-refractivity contribution >= 4 is 34.5 Å². The molecule has 5 aromatic carbocycles. The summed E-state index contributed by atoms with van der Waals surface area (Å²) in [6.07, 6.45) is -3.23. The molecule has 3 N–H and O–H groups in total. The molecule has 7 rings (SSSR count). The highest BCUT2D eigenvalue weighted by molar-refractivity contribution is 5.92. The van der Waals surface area contributed by atoms with Gasteiger partial charge in [0.2, 0.25) is 0 Å². The molecule has 10 heteroatoms. The molecule has 260 valence electrons. The van der Waals surface area contributed by atoms with Crippen LogP contribution in [0, 0.1) is 0 Å². The zero-order valence-corrected chi connectivity index (χ0v) is 27.6. The molecule has 0 aliphatic heterocycles. The quantitative estimate of drug-likeness (QED) is 0.0750. The average molecular weight is 697 g/mol. The maximum atomic E-state index is 13.8. The van der Waals surface area contributed by atoms with E-state index in [0.29, 0.717) is 22.3 Å². The van der Waals surface area contributed by atoms with Gasteiger partial charge in [-0.15, -0.1) is 0 Å². The van der Waals surface area contributed by atoms with E-state index in [0.717, 1.165) is 0 Å². The molecule has 2 unspecified atom stereocenters. The van der Waals surface area contributed by atoms with Gasteiger partial charge in [-0.2, -0.15) is 0 Å². The van der Waals surface area contributed by atoms with Crippen LogP contribution in [0.5, 0.6) is 17.2 Å². The van der Waals surface area contributed by atoms with E-state index in [1.54, 1.807) is 84.9 Å². The van der Waals surface area contributed by atoms with Gasteiger partial charge in [0.25, 0.3) is 0 Å². The standard InChI is InChI=1S/C42H32O10/c43-29-18-16-28(17-19-29)37-39(50-34(46)20-25-10-4-1-5-11-25)41-38(30-23-31(44)32(45)24-33(30)49-41)42(52-36(48)22-27-14-8-3-9-15-27)40(37)51-35(47)21-26-12-6-2-7-13-26/h1-19,23-24,39,42-45H,20-22H2. The molecular formula is C42H32O10. The Hall–Kier alpha value is -6.81. The Labute approximate surface area is 297 Å². The Kier molecular flexibility index (Phi) is 9.44. The third kappa shape index (κ3) is 7.22. The maximum absolute atomic E-state index is 13.8. The van der Waals surface area contributed by atoms with Crippen molar-refractivity contribution in [2.45, 2.75) is 31.5 Å². The van der Waals surface area contributed by atoms with Gasteiger partial charge in [-0.3, -0.25) is 14.4 Å². The second-order valence-corrected chi connectivity index (χ2v) is 12.2. The van der Waals surface area contributed by atoms with E-state index in [-0.39, 0.29) is 58.6 Å². The lowest BCUT2D eigenvalue weighted by Crippen LogP contribution is -2.28. The number of phenolic OH excluding ortho intramolecular Hbond substituents is 3. The van der Waals surface area contributed by atoms with Crippen molar-refractivity contribution in [1.29, 1.82) is 0 Å². The van der Waals surface area contributed by atoms with E-state index in [4.69, 9.17) is 18.6 Å². The largest absolute Gasteiger partial charge is 0.508 e. The summed E-state index contributed by atoms with van der Waals surface area (Å²) >= 11 is 0. The molecule has 0 saturated heterocycles. The summed E-state index contributed by atoms with van der Waals surface area (Å²) < 4.78 is 24.8. The van der Waals surface area contributed by atoms with Crippen molar-refractivity contribution in [2.24, 2.45) is 0 Å². The van der Waals surface area contributed by atoms with Crippen molar-refractivity contribution < 1.29 is 48.3 Å². The van der Waals surface area contributed by atoms with Gasteiger partial charge in [-0.1, -0.05) is 103 Å². The zero-order chi connectivity index (χ0) is 36.2. The van der Waals surface area contributed by atoms with Gasteiger partial charge in [-0.05, 0) is 40.5 Å². The summed E-state index contributed by atoms with van der Waals surface area (Å²) in [5, 5.41) is 31.4. The molecule has 2 atom stereocenters. The number of carbonyl (C=O) groups excluding carboxylic acids is 3. The van der Waals surface area contributed by atoms with Crippen molar-refractivity contribution in [3.8, 4) is 17.2 Å². The predicted octanol–water partition coefficient (Wildman–Crippen LogP) is 7.41. The second kappa shape index (κ2) is 14.6. The van der Waals surface area contributed by atoms with Gasteiger partial charge in [0.1, 0.15) is 11.3 Å². The molecule has 1 aromatic heterocycles. The van der Waals surface area contributed by atoms with Crippen LogP contribution in [-0.4, -0.2) is 33.2 Å². The molecule has 0 saturated carbocycles. The third-order valence-corrected chi connectivity index (χ3v) is 8.59. The van der Waals surface area contributed by atoms with Crippen LogP contribution in [-0.2, 0) is 47.9 Å². The van der Waals surface area contributed by atoms with Crippen LogP contribution >= 0.6 is 0 Å². The Balaban J connectivity index is 1.42. The Morgan fingerprint density at radius 2 is 1.06 bits per heavy atom. The van der Waals surface area contributed by atoms with Gasteiger partial charge in [-0.25, -0.2) is 0 Å². The fourth-order valence-electron chi connectivity index (χ4n) is 6.22. The van der Waals surface area contributed by atoms with Crippen LogP contribution in [0.3, 0.4) is 0 Å². The van der Waals surface area contributed by atoms with Crippen LogP contribution in [0.15, 0.2) is 138 Å². The van der Waals surface area contributed by atoms with Crippen molar-refractivity contribution in [2.75, 3.05) is 0 Å². The number of esters is 3. The molecule has 0 amide bonds. The molecule has 52 heavy (non-hydrogen) atoms. The lowest BCUT2D eigenvalue weighted by molar-refractivity contribution is -0.154. The number of phenols is 3. The number of aromatic hydroxyl groups is 3. The topological polar surface area (TPSA) is 153 Å². The summed E-state index contributed by atoms with van der Waals surface area (Å²) in [5.41, 5.74) is 2.72. The summed E-state index contributed by atoms with van der Waals surface area (Å²) in [6, 6.07) is 35.1. The van der Waals surface area contributed by atoms with Crippen molar-refractivity contribution in [3.05, 3.63) is 167 Å². The van der Waals surface area contributed by atoms with E-state index in [1.807, 2.05) is 18.2 Å². The Morgan fingerprint density at radius 3 is 1.60 bits per heavy atom. The minimum absolute atomic E-state index is 0.0184. The first kappa shape index (κ1) is 33.7. The van der Waals surface area contributed by atoms with E-state index < -0.39 is 41.6 Å². The fourth-order valence-corrected chi connectivity index (χ4v) is 6.22. The number of hydrogen-bond acceptors (Lipinski definition) is 10. The highest BCUT2D eigenvalue weighted by Crippen LogP contribution is 2.53. The van der Waals surface area contributed by atoms with Gasteiger partial charge in [0, 0.05) is 11.5 Å². The van der Waals surface area contributed by atoms with E-state index >= 15 is 0 Å². The summed E-state index contributed by atoms with van der Waals surface area (Å²) in [5.74, 6) is -3.19. The number of furan rings is 1. The predicted molar refractivity (Wildman–Crippen MR) is 189 cm³/mol. The SMILES string of the molecule is O=C(Cc1ccccc1)OC1=C(c2ccc(O)cc2)C(OC(=O)Cc2ccccc2)c2oc3cc(O)c(O)cc3c2C1OC(=O)Cc1ccccc1. The molecule has 10 nitrogen and oxygen atoms in total. The second-order valence-electron chi connectivity index (χ2n) is 12.2. The van der Waals surface area contributed by atoms with Crippen LogP contribution in [0.4, 0.5) is 0 Å². The van der Waals surface area contributed by atoms with Crippen molar-refractivity contribution in [3.63, 3.8) is 0 Å². The lowest BCUT2D eigenvalue weighted by atomic mass is 9.85. The monoisotopic (exact) mass is 696 g/mol. The number of rotatable bonds is 10. The number of hydrogen-bond donors (Lipinski definition) is 3. The van der Waals surface area contributed by atoms with Gasteiger partial charge in [0.15, 0.2) is 35.2 Å². The molecular weight excluding hydrogens is 664 g/mol. The number of benzene rings is 5. The lowest BCUT2D eigenvalue weighted by Gasteiger charge is -2.32. The number of fused-ring (bicyclic) bond motifs is 3. The number of carbonyl (C=O) groups is 3. The molecule has 0 radical (unpaired) electrons. The summed E-state index contributed by atoms with van der Waals surface area (Å²) in [6.45, 7) is 0. The van der Waals surface area contributed by atoms with E-state index in [9.17, 15) is 29.7 Å². The van der Waals surface area contributed by atoms with Crippen LogP contribution < -0.4 is 0 Å². The van der Waals surface area contributed by atoms with Crippen LogP contribution in [0.25, 0.3) is 16.5 Å². The average Bonchev–Trinajstić information content (AvgIpc) is 3.49. The van der Waals surface area contributed by atoms with E-state index in [1.165, 1.54) is 24.3 Å². The molecule has 6 aromatic rings. The summed E-state index contributed by atoms with van der Waals surface area (Å²) in [4.78, 5) is 41.2. The Morgan fingerprint density at radius 1 is 0.577 bits per heavy atom. The highest BCUT2D eigenvalue weighted by atomic mass is 16.6. The van der Waals surface area contributed by atoms with Crippen LogP contribution in [0.2, 0.25) is 0 Å². The van der Waals surface area contributed by atoms with Crippen molar-refractivity contribution in [1.82, 2.24) is 0 Å². The first-order valence-electron chi connectivity index (χ1n) is 16.5. The summed E-state index contributed by atoms with van der Waals surface area (Å²) in [7, 11) is 0. The van der Waals surface area contributed by atoms with Gasteiger partial charge in [0.05, 0.1) is 30.4 Å². The number of ether oxygens (including phenoxy) is 3. The van der Waals surface area contributed by atoms with Crippen LogP contribution in [0.1, 0.15) is 45.8 Å². The molecule has 0 fully saturated rings. The normalized spacial score (nSPS) is 15.2. The molecule has 1 heterocycles.